The Morgan fingerprint density at radius 1 is 1.23 bits per heavy atom. The van der Waals surface area contributed by atoms with Crippen LogP contribution in [0.15, 0.2) is 41.0 Å². The van der Waals surface area contributed by atoms with E-state index < -0.39 is 0 Å². The van der Waals surface area contributed by atoms with Crippen LogP contribution in [0.4, 0.5) is 0 Å². The van der Waals surface area contributed by atoms with E-state index in [-0.39, 0.29) is 11.9 Å². The van der Waals surface area contributed by atoms with Crippen LogP contribution in [0.1, 0.15) is 55.1 Å². The summed E-state index contributed by atoms with van der Waals surface area (Å²) in [5.41, 5.74) is 5.58. The van der Waals surface area contributed by atoms with Crippen LogP contribution in [0, 0.1) is 11.3 Å². The molecular formula is C25H31N3O3. The van der Waals surface area contributed by atoms with Crippen LogP contribution >= 0.6 is 0 Å². The number of carbonyl (C=O) groups is 2. The van der Waals surface area contributed by atoms with Crippen LogP contribution in [-0.4, -0.2) is 54.4 Å². The first-order chi connectivity index (χ1) is 14.9. The topological polar surface area (TPSA) is 73.6 Å². The fourth-order valence-electron chi connectivity index (χ4n) is 4.15. The Labute approximate surface area is 184 Å². The lowest BCUT2D eigenvalue weighted by Crippen LogP contribution is -2.49. The predicted octanol–water partition coefficient (Wildman–Crippen LogP) is 3.63. The molecule has 0 spiro atoms. The summed E-state index contributed by atoms with van der Waals surface area (Å²) >= 11 is 0. The third kappa shape index (κ3) is 5.83. The largest absolute Gasteiger partial charge is 0.457 e. The molecule has 1 aromatic carbocycles. The van der Waals surface area contributed by atoms with Gasteiger partial charge in [0, 0.05) is 50.3 Å². The molecule has 1 aromatic rings. The number of nitrogens with zero attached hydrogens (tertiary/aromatic N) is 3. The zero-order valence-electron chi connectivity index (χ0n) is 18.7. The summed E-state index contributed by atoms with van der Waals surface area (Å²) in [6, 6.07) is 8.17. The van der Waals surface area contributed by atoms with Gasteiger partial charge in [0.25, 0.3) is 0 Å². The van der Waals surface area contributed by atoms with Gasteiger partial charge in [0.15, 0.2) is 0 Å². The number of amides is 1. The molecule has 0 N–H and O–H groups in total. The molecule has 31 heavy (non-hydrogen) atoms. The Hall–Kier alpha value is -2.91. The van der Waals surface area contributed by atoms with Crippen LogP contribution in [0.5, 0.6) is 0 Å². The monoisotopic (exact) mass is 421 g/mol. The number of esters is 1. The van der Waals surface area contributed by atoms with Gasteiger partial charge in [0.1, 0.15) is 6.61 Å². The molecule has 3 rings (SSSR count). The highest BCUT2D eigenvalue weighted by Crippen LogP contribution is 2.21. The summed E-state index contributed by atoms with van der Waals surface area (Å²) in [4.78, 5) is 28.6. The van der Waals surface area contributed by atoms with E-state index in [4.69, 9.17) is 10.00 Å². The molecule has 1 amide bonds. The summed E-state index contributed by atoms with van der Waals surface area (Å²) in [5, 5.41) is 9.15. The van der Waals surface area contributed by atoms with E-state index in [1.165, 1.54) is 5.56 Å². The SMILES string of the molecule is CCC(C#N)=C(C)C=C(C)CC(=O)N1CCN(CCc2ccc3c(c2)COC3=O)CC1. The normalized spacial score (nSPS) is 17.7. The van der Waals surface area contributed by atoms with E-state index in [9.17, 15) is 9.59 Å². The van der Waals surface area contributed by atoms with Gasteiger partial charge in [-0.15, -0.1) is 0 Å². The Morgan fingerprint density at radius 3 is 2.65 bits per heavy atom. The van der Waals surface area contributed by atoms with Gasteiger partial charge in [0.05, 0.1) is 11.6 Å². The van der Waals surface area contributed by atoms with Crippen molar-refractivity contribution in [1.29, 1.82) is 5.26 Å². The second kappa shape index (κ2) is 10.4. The molecule has 0 aliphatic carbocycles. The average molecular weight is 422 g/mol. The third-order valence-electron chi connectivity index (χ3n) is 6.05. The number of fused-ring (bicyclic) bond motifs is 1. The van der Waals surface area contributed by atoms with Crippen molar-refractivity contribution in [2.45, 2.75) is 46.6 Å². The molecule has 0 aromatic heterocycles. The number of cyclic esters (lactones) is 1. The fourth-order valence-corrected chi connectivity index (χ4v) is 4.15. The number of allylic oxidation sites excluding steroid dienone is 3. The van der Waals surface area contributed by atoms with E-state index in [0.29, 0.717) is 25.0 Å². The summed E-state index contributed by atoms with van der Waals surface area (Å²) in [6.45, 7) is 10.4. The van der Waals surface area contributed by atoms with E-state index >= 15 is 0 Å². The highest BCUT2D eigenvalue weighted by molar-refractivity contribution is 5.93. The van der Waals surface area contributed by atoms with Crippen molar-refractivity contribution in [3.63, 3.8) is 0 Å². The zero-order chi connectivity index (χ0) is 22.4. The summed E-state index contributed by atoms with van der Waals surface area (Å²) < 4.78 is 5.07. The number of benzene rings is 1. The predicted molar refractivity (Wildman–Crippen MR) is 119 cm³/mol. The standard InChI is InChI=1S/C25H31N3O3/c1-4-21(16-26)19(3)13-18(2)14-24(29)28-11-9-27(10-12-28)8-7-20-5-6-23-22(15-20)17-31-25(23)30/h5-6,13,15H,4,7-12,14,17H2,1-3H3. The van der Waals surface area contributed by atoms with Gasteiger partial charge in [0.2, 0.25) is 5.91 Å². The van der Waals surface area contributed by atoms with E-state index in [2.05, 4.69) is 17.0 Å². The van der Waals surface area contributed by atoms with Crippen LogP contribution in [0.3, 0.4) is 0 Å². The molecule has 0 saturated carbocycles. The summed E-state index contributed by atoms with van der Waals surface area (Å²) in [7, 11) is 0. The van der Waals surface area contributed by atoms with Gasteiger partial charge in [-0.2, -0.15) is 5.26 Å². The number of hydrogen-bond donors (Lipinski definition) is 0. The molecule has 6 heteroatoms. The Kier molecular flexibility index (Phi) is 7.64. The van der Waals surface area contributed by atoms with Gasteiger partial charge < -0.3 is 9.64 Å². The minimum Gasteiger partial charge on any atom is -0.457 e. The molecule has 1 saturated heterocycles. The second-order valence-corrected chi connectivity index (χ2v) is 8.33. The van der Waals surface area contributed by atoms with Gasteiger partial charge in [-0.05, 0) is 43.9 Å². The minimum absolute atomic E-state index is 0.152. The van der Waals surface area contributed by atoms with Crippen molar-refractivity contribution in [3.05, 3.63) is 57.7 Å². The van der Waals surface area contributed by atoms with Crippen molar-refractivity contribution in [2.75, 3.05) is 32.7 Å². The number of hydrogen-bond acceptors (Lipinski definition) is 5. The highest BCUT2D eigenvalue weighted by Gasteiger charge is 2.23. The first kappa shape index (κ1) is 22.8. The molecule has 0 bridgehead atoms. The van der Waals surface area contributed by atoms with Crippen LogP contribution in [0.25, 0.3) is 0 Å². The van der Waals surface area contributed by atoms with E-state index in [1.807, 2.05) is 43.9 Å². The molecule has 2 heterocycles. The maximum absolute atomic E-state index is 12.7. The smallest absolute Gasteiger partial charge is 0.338 e. The maximum Gasteiger partial charge on any atom is 0.338 e. The zero-order valence-corrected chi connectivity index (χ0v) is 18.7. The minimum atomic E-state index is -0.227. The van der Waals surface area contributed by atoms with E-state index in [0.717, 1.165) is 61.4 Å². The fraction of sp³-hybridized carbons (Fsp3) is 0.480. The van der Waals surface area contributed by atoms with Crippen molar-refractivity contribution >= 4 is 11.9 Å². The van der Waals surface area contributed by atoms with Crippen molar-refractivity contribution in [2.24, 2.45) is 0 Å². The second-order valence-electron chi connectivity index (χ2n) is 8.33. The van der Waals surface area contributed by atoms with Crippen molar-refractivity contribution in [3.8, 4) is 6.07 Å². The number of piperazine rings is 1. The Bertz CT molecular complexity index is 947. The third-order valence-corrected chi connectivity index (χ3v) is 6.05. The summed E-state index contributed by atoms with van der Waals surface area (Å²) in [5.74, 6) is -0.0750. The van der Waals surface area contributed by atoms with Gasteiger partial charge >= 0.3 is 5.97 Å². The lowest BCUT2D eigenvalue weighted by molar-refractivity contribution is -0.132. The van der Waals surface area contributed by atoms with Gasteiger partial charge in [-0.1, -0.05) is 30.7 Å². The van der Waals surface area contributed by atoms with Crippen LogP contribution < -0.4 is 0 Å². The first-order valence-corrected chi connectivity index (χ1v) is 11.0. The molecule has 6 nitrogen and oxygen atoms in total. The van der Waals surface area contributed by atoms with Gasteiger partial charge in [-0.3, -0.25) is 9.69 Å². The molecule has 0 unspecified atom stereocenters. The number of carbonyl (C=O) groups excluding carboxylic acids is 2. The first-order valence-electron chi connectivity index (χ1n) is 11.0. The molecule has 0 atom stereocenters. The van der Waals surface area contributed by atoms with Gasteiger partial charge in [-0.25, -0.2) is 4.79 Å². The summed E-state index contributed by atoms with van der Waals surface area (Å²) in [6.07, 6.45) is 3.99. The van der Waals surface area contributed by atoms with Crippen molar-refractivity contribution < 1.29 is 14.3 Å². The van der Waals surface area contributed by atoms with Crippen LogP contribution in [0.2, 0.25) is 0 Å². The Balaban J connectivity index is 1.45. The molecule has 2 aliphatic rings. The average Bonchev–Trinajstić information content (AvgIpc) is 3.13. The number of rotatable bonds is 7. The van der Waals surface area contributed by atoms with E-state index in [1.54, 1.807) is 0 Å². The lowest BCUT2D eigenvalue weighted by Gasteiger charge is -2.35. The highest BCUT2D eigenvalue weighted by atomic mass is 16.5. The molecular weight excluding hydrogens is 390 g/mol. The lowest BCUT2D eigenvalue weighted by atomic mass is 10.0. The molecule has 0 radical (unpaired) electrons. The molecule has 1 fully saturated rings. The molecule has 2 aliphatic heterocycles. The number of ether oxygens (including phenoxy) is 1. The Morgan fingerprint density at radius 2 is 1.97 bits per heavy atom. The quantitative estimate of drug-likeness (QED) is 0.382. The molecule has 164 valence electrons. The van der Waals surface area contributed by atoms with Crippen molar-refractivity contribution in [1.82, 2.24) is 9.80 Å². The maximum atomic E-state index is 12.7. The number of nitriles is 1. The van der Waals surface area contributed by atoms with Crippen LogP contribution in [-0.2, 0) is 22.6 Å².